The van der Waals surface area contributed by atoms with Crippen molar-refractivity contribution in [3.8, 4) is 11.5 Å². The van der Waals surface area contributed by atoms with Crippen molar-refractivity contribution in [1.82, 2.24) is 0 Å². The monoisotopic (exact) mass is 1060 g/mol. The van der Waals surface area contributed by atoms with Crippen molar-refractivity contribution in [2.24, 2.45) is 11.8 Å². The van der Waals surface area contributed by atoms with Crippen LogP contribution in [-0.4, -0.2) is 153 Å². The zero-order valence-corrected chi connectivity index (χ0v) is 44.5. The molecular weight excluding hydrogens is 983 g/mol. The number of phenolic OH excluding ortho intramolecular Hbond substituents is 2. The number of halogens is 2. The first kappa shape index (κ1) is 60.7. The number of aliphatic hydroxyl groups is 5. The van der Waals surface area contributed by atoms with Gasteiger partial charge in [-0.1, -0.05) is 86.9 Å². The summed E-state index contributed by atoms with van der Waals surface area (Å²) in [6.07, 6.45) is -5.45. The number of benzene rings is 1. The second kappa shape index (κ2) is 26.5. The van der Waals surface area contributed by atoms with Gasteiger partial charge in [0.1, 0.15) is 46.7 Å². The number of phenols is 2. The van der Waals surface area contributed by atoms with Crippen LogP contribution in [0.4, 0.5) is 0 Å². The van der Waals surface area contributed by atoms with Crippen LogP contribution in [0.25, 0.3) is 0 Å². The molecule has 4 rings (SSSR count). The van der Waals surface area contributed by atoms with E-state index in [0.29, 0.717) is 23.1 Å². The minimum absolute atomic E-state index is 0.0372. The molecule has 1 aromatic rings. The Kier molecular flexibility index (Phi) is 22.4. The molecule has 3 aliphatic heterocycles. The molecule has 0 amide bonds. The van der Waals surface area contributed by atoms with Crippen LogP contribution in [0.2, 0.25) is 10.0 Å². The molecule has 0 radical (unpaired) electrons. The molecule has 2 fully saturated rings. The minimum atomic E-state index is -1.61. The van der Waals surface area contributed by atoms with Gasteiger partial charge in [0.2, 0.25) is 0 Å². The SMILES string of the molecule is CCc1c(Cl)c(O)c(Cl)c(O)c1C(=O)OC1C(C)OC(OCC2=CC=CCC(O)C(C)=CC(CC)C(O[C@@H]3OC(C)(C)C(OC(=O)C(C)C)C(O)C3O)C(C)=CC(C)=CC[C@H](C(C)O)OC2=O)C(OC)C1O. The predicted molar refractivity (Wildman–Crippen MR) is 265 cm³/mol. The number of esters is 3. The van der Waals surface area contributed by atoms with E-state index in [2.05, 4.69) is 0 Å². The zero-order chi connectivity index (χ0) is 54.1. The van der Waals surface area contributed by atoms with Crippen molar-refractivity contribution in [3.63, 3.8) is 0 Å². The van der Waals surface area contributed by atoms with E-state index in [9.17, 15) is 50.1 Å². The van der Waals surface area contributed by atoms with Crippen molar-refractivity contribution in [1.29, 1.82) is 0 Å². The lowest BCUT2D eigenvalue weighted by Gasteiger charge is -2.47. The van der Waals surface area contributed by atoms with E-state index in [0.717, 1.165) is 0 Å². The number of carbonyl (C=O) groups excluding carboxylic acids is 3. The van der Waals surface area contributed by atoms with Gasteiger partial charge in [0.25, 0.3) is 0 Å². The van der Waals surface area contributed by atoms with Gasteiger partial charge >= 0.3 is 17.9 Å². The van der Waals surface area contributed by atoms with Crippen molar-refractivity contribution in [2.75, 3.05) is 13.7 Å². The largest absolute Gasteiger partial charge is 0.505 e. The molecule has 1 aromatic carbocycles. The summed E-state index contributed by atoms with van der Waals surface area (Å²) in [5.74, 6) is -4.78. The van der Waals surface area contributed by atoms with Crippen molar-refractivity contribution in [3.05, 3.63) is 79.9 Å². The highest BCUT2D eigenvalue weighted by Gasteiger charge is 2.53. The number of methoxy groups -OCH3 is 1. The van der Waals surface area contributed by atoms with Gasteiger partial charge in [-0.15, -0.1) is 0 Å². The minimum Gasteiger partial charge on any atom is -0.505 e. The highest BCUT2D eigenvalue weighted by atomic mass is 35.5. The Morgan fingerprint density at radius 1 is 0.903 bits per heavy atom. The van der Waals surface area contributed by atoms with Gasteiger partial charge in [-0.2, -0.15) is 0 Å². The molecule has 72 heavy (non-hydrogen) atoms. The molecular formula is C52H74Cl2O18. The number of aliphatic hydroxyl groups excluding tert-OH is 5. The molecule has 404 valence electrons. The number of rotatable bonds is 13. The van der Waals surface area contributed by atoms with Crippen LogP contribution >= 0.6 is 23.2 Å². The zero-order valence-electron chi connectivity index (χ0n) is 43.0. The van der Waals surface area contributed by atoms with Gasteiger partial charge in [-0.05, 0) is 90.5 Å². The molecule has 0 spiro atoms. The fourth-order valence-electron chi connectivity index (χ4n) is 8.60. The van der Waals surface area contributed by atoms with Gasteiger partial charge in [-0.3, -0.25) is 4.79 Å². The Bertz CT molecular complexity index is 2220. The maximum absolute atomic E-state index is 13.9. The molecule has 0 aliphatic carbocycles. The van der Waals surface area contributed by atoms with Gasteiger partial charge < -0.3 is 73.6 Å². The van der Waals surface area contributed by atoms with E-state index in [4.69, 9.17) is 61.1 Å². The third-order valence-corrected chi connectivity index (χ3v) is 13.8. The lowest BCUT2D eigenvalue weighted by molar-refractivity contribution is -0.333. The third kappa shape index (κ3) is 14.7. The Morgan fingerprint density at radius 2 is 1.57 bits per heavy atom. The third-order valence-electron chi connectivity index (χ3n) is 13.0. The van der Waals surface area contributed by atoms with Crippen molar-refractivity contribution in [2.45, 2.75) is 187 Å². The molecule has 0 bridgehead atoms. The molecule has 7 N–H and O–H groups in total. The average Bonchev–Trinajstić information content (AvgIpc) is 3.32. The van der Waals surface area contributed by atoms with Crippen LogP contribution in [-0.2, 0) is 53.9 Å². The molecule has 0 aromatic heterocycles. The van der Waals surface area contributed by atoms with E-state index in [1.165, 1.54) is 33.1 Å². The van der Waals surface area contributed by atoms with E-state index in [-0.39, 0.29) is 35.4 Å². The van der Waals surface area contributed by atoms with Crippen LogP contribution < -0.4 is 0 Å². The van der Waals surface area contributed by atoms with E-state index in [1.54, 1.807) is 53.7 Å². The molecule has 18 nitrogen and oxygen atoms in total. The second-order valence-electron chi connectivity index (χ2n) is 19.4. The summed E-state index contributed by atoms with van der Waals surface area (Å²) in [6, 6.07) is 0. The fourth-order valence-corrected chi connectivity index (χ4v) is 9.16. The summed E-state index contributed by atoms with van der Waals surface area (Å²) >= 11 is 12.3. The van der Waals surface area contributed by atoms with Gasteiger partial charge in [0, 0.05) is 19.4 Å². The smallest absolute Gasteiger partial charge is 0.342 e. The van der Waals surface area contributed by atoms with Crippen LogP contribution in [0.15, 0.2) is 58.7 Å². The number of hydrogen-bond acceptors (Lipinski definition) is 18. The molecule has 0 saturated carbocycles. The van der Waals surface area contributed by atoms with Crippen molar-refractivity contribution >= 4 is 41.1 Å². The molecule has 3 heterocycles. The average molecular weight is 1060 g/mol. The van der Waals surface area contributed by atoms with Crippen molar-refractivity contribution < 1.29 is 88.0 Å². The number of carbonyl (C=O) groups is 3. The standard InChI is InChI=1S/C52H74Cl2O18/c1-13-30-22-26(6)33(56)18-16-15-17-31(23-66-51-45(65-12)42(61)44(29(9)67-51)69-49(64)35-32(14-2)36(53)39(58)37(54)38(35)57)48(63)68-34(28(8)55)20-19-25(5)21-27(7)43(30)70-50-41(60)40(59)46(52(10,11)72-50)71-47(62)24(3)4/h15-17,19,21-22,24,28-30,33-34,40-46,50-51,55-61H,13-14,18,20,23H2,1-12H3/t28?,29?,30?,33?,34-,40?,41?,42?,43?,44?,45?,46?,50-,51?/m1/s1. The normalized spacial score (nSPS) is 31.5. The van der Waals surface area contributed by atoms with Gasteiger partial charge in [-0.25, -0.2) is 9.59 Å². The first-order valence-corrected chi connectivity index (χ1v) is 24.9. The Hall–Kier alpha value is -3.89. The van der Waals surface area contributed by atoms with Crippen LogP contribution in [0, 0.1) is 11.8 Å². The lowest BCUT2D eigenvalue weighted by Crippen LogP contribution is -2.64. The van der Waals surface area contributed by atoms with E-state index < -0.39 is 144 Å². The lowest BCUT2D eigenvalue weighted by atomic mass is 9.88. The van der Waals surface area contributed by atoms with E-state index >= 15 is 0 Å². The summed E-state index contributed by atoms with van der Waals surface area (Å²) in [5, 5.41) is 76.5. The summed E-state index contributed by atoms with van der Waals surface area (Å²) in [6.45, 7) is 18.1. The summed E-state index contributed by atoms with van der Waals surface area (Å²) in [4.78, 5) is 40.0. The Morgan fingerprint density at radius 3 is 2.17 bits per heavy atom. The first-order chi connectivity index (χ1) is 33.7. The van der Waals surface area contributed by atoms with Gasteiger partial charge in [0.15, 0.2) is 36.3 Å². The molecule has 14 atom stereocenters. The van der Waals surface area contributed by atoms with Crippen LogP contribution in [0.1, 0.15) is 111 Å². The maximum Gasteiger partial charge on any atom is 0.342 e. The Labute approximate surface area is 431 Å². The quantitative estimate of drug-likeness (QED) is 0.0655. The topological polar surface area (TPSA) is 267 Å². The predicted octanol–water partition coefficient (Wildman–Crippen LogP) is 6.23. The number of hydrogen-bond donors (Lipinski definition) is 7. The van der Waals surface area contributed by atoms with Crippen LogP contribution in [0.3, 0.4) is 0 Å². The molecule has 20 heteroatoms. The fraction of sp³-hybridized carbons (Fsp3) is 0.635. The van der Waals surface area contributed by atoms with Crippen LogP contribution in [0.5, 0.6) is 11.5 Å². The van der Waals surface area contributed by atoms with Gasteiger partial charge in [0.05, 0.1) is 47.5 Å². The maximum atomic E-state index is 13.9. The number of aromatic hydroxyl groups is 2. The highest BCUT2D eigenvalue weighted by Crippen LogP contribution is 2.45. The molecule has 2 saturated heterocycles. The number of ether oxygens (including phenoxy) is 8. The van der Waals surface area contributed by atoms with E-state index in [1.807, 2.05) is 32.9 Å². The summed E-state index contributed by atoms with van der Waals surface area (Å²) in [7, 11) is 1.26. The molecule has 12 unspecified atom stereocenters. The molecule has 3 aliphatic rings. The number of cyclic esters (lactones) is 1. The summed E-state index contributed by atoms with van der Waals surface area (Å²) < 4.78 is 47.5. The first-order valence-electron chi connectivity index (χ1n) is 24.2. The second-order valence-corrected chi connectivity index (χ2v) is 20.1. The number of allylic oxidation sites excluding steroid dienone is 4. The Balaban J connectivity index is 1.61. The highest BCUT2D eigenvalue weighted by molar-refractivity contribution is 6.39. The summed E-state index contributed by atoms with van der Waals surface area (Å²) in [5.41, 5.74) is 0.318.